The van der Waals surface area contributed by atoms with E-state index >= 15 is 0 Å². The maximum absolute atomic E-state index is 12.9. The Labute approximate surface area is 138 Å². The molecule has 1 aromatic carbocycles. The zero-order valence-corrected chi connectivity index (χ0v) is 13.8. The fourth-order valence-corrected chi connectivity index (χ4v) is 5.69. The Morgan fingerprint density at radius 2 is 1.65 bits per heavy atom. The fraction of sp³-hybridized carbons (Fsp3) is 0.650. The number of carbonyl (C=O) groups is 1. The predicted molar refractivity (Wildman–Crippen MR) is 88.1 cm³/mol. The summed E-state index contributed by atoms with van der Waals surface area (Å²) in [6, 6.07) is 6.97. The lowest BCUT2D eigenvalue weighted by Crippen LogP contribution is -2.53. The van der Waals surface area contributed by atoms with Crippen molar-refractivity contribution in [3.05, 3.63) is 29.8 Å². The standard InChI is InChI=1S/C20H26O3/c1-2-18(16-3-5-17(21)6-4-16)19(22)23-20-10-13-7-14(11-20)9-15(8-13)12-20/h3-6,13-15,18,21H,2,7-12H2,1H3. The minimum Gasteiger partial charge on any atom is -0.508 e. The van der Waals surface area contributed by atoms with Crippen LogP contribution in [0.2, 0.25) is 0 Å². The highest BCUT2D eigenvalue weighted by Gasteiger charge is 2.53. The van der Waals surface area contributed by atoms with Crippen molar-refractivity contribution in [1.29, 1.82) is 0 Å². The maximum atomic E-state index is 12.9. The number of hydrogen-bond acceptors (Lipinski definition) is 3. The number of carbonyl (C=O) groups excluding carboxylic acids is 1. The summed E-state index contributed by atoms with van der Waals surface area (Å²) in [6.45, 7) is 2.03. The first-order valence-electron chi connectivity index (χ1n) is 9.08. The Morgan fingerprint density at radius 1 is 1.13 bits per heavy atom. The van der Waals surface area contributed by atoms with Crippen molar-refractivity contribution in [1.82, 2.24) is 0 Å². The van der Waals surface area contributed by atoms with Crippen molar-refractivity contribution in [2.45, 2.75) is 63.4 Å². The summed E-state index contributed by atoms with van der Waals surface area (Å²) in [5.74, 6) is 2.29. The number of phenolic OH excluding ortho intramolecular Hbond substituents is 1. The van der Waals surface area contributed by atoms with E-state index in [9.17, 15) is 9.90 Å². The van der Waals surface area contributed by atoms with Gasteiger partial charge in [0.25, 0.3) is 0 Å². The maximum Gasteiger partial charge on any atom is 0.313 e. The minimum atomic E-state index is -0.219. The Bertz CT molecular complexity index is 554. The van der Waals surface area contributed by atoms with E-state index in [1.54, 1.807) is 12.1 Å². The monoisotopic (exact) mass is 314 g/mol. The van der Waals surface area contributed by atoms with Crippen LogP contribution < -0.4 is 0 Å². The highest BCUT2D eigenvalue weighted by atomic mass is 16.6. The van der Waals surface area contributed by atoms with Crippen molar-refractivity contribution in [2.75, 3.05) is 0 Å². The molecule has 1 aromatic rings. The molecule has 0 heterocycles. The smallest absolute Gasteiger partial charge is 0.313 e. The molecule has 23 heavy (non-hydrogen) atoms. The first-order valence-corrected chi connectivity index (χ1v) is 9.08. The van der Waals surface area contributed by atoms with Crippen LogP contribution in [0.4, 0.5) is 0 Å². The molecule has 4 saturated carbocycles. The Balaban J connectivity index is 1.51. The zero-order valence-electron chi connectivity index (χ0n) is 13.8. The molecule has 4 bridgehead atoms. The van der Waals surface area contributed by atoms with Gasteiger partial charge in [-0.25, -0.2) is 0 Å². The molecule has 3 nitrogen and oxygen atoms in total. The molecule has 124 valence electrons. The Morgan fingerprint density at radius 3 is 2.13 bits per heavy atom. The van der Waals surface area contributed by atoms with Crippen LogP contribution in [0.5, 0.6) is 5.75 Å². The second-order valence-electron chi connectivity index (χ2n) is 8.07. The number of rotatable bonds is 4. The predicted octanol–water partition coefficient (Wildman–Crippen LogP) is 4.40. The number of benzene rings is 1. The molecule has 4 fully saturated rings. The molecule has 0 aromatic heterocycles. The molecule has 0 aliphatic heterocycles. The van der Waals surface area contributed by atoms with Crippen LogP contribution in [0.25, 0.3) is 0 Å². The second-order valence-corrected chi connectivity index (χ2v) is 8.07. The van der Waals surface area contributed by atoms with Crippen molar-refractivity contribution in [3.63, 3.8) is 0 Å². The van der Waals surface area contributed by atoms with E-state index in [0.29, 0.717) is 0 Å². The molecule has 1 atom stereocenters. The van der Waals surface area contributed by atoms with E-state index in [1.165, 1.54) is 19.3 Å². The second kappa shape index (κ2) is 5.54. The topological polar surface area (TPSA) is 46.5 Å². The average molecular weight is 314 g/mol. The van der Waals surface area contributed by atoms with Crippen molar-refractivity contribution in [2.24, 2.45) is 17.8 Å². The van der Waals surface area contributed by atoms with E-state index in [-0.39, 0.29) is 23.2 Å². The minimum absolute atomic E-state index is 0.0693. The molecule has 0 radical (unpaired) electrons. The summed E-state index contributed by atoms with van der Waals surface area (Å²) in [4.78, 5) is 12.9. The molecule has 4 aliphatic rings. The van der Waals surface area contributed by atoms with E-state index in [1.807, 2.05) is 19.1 Å². The van der Waals surface area contributed by atoms with E-state index in [2.05, 4.69) is 0 Å². The average Bonchev–Trinajstić information content (AvgIpc) is 2.48. The first-order chi connectivity index (χ1) is 11.1. The summed E-state index contributed by atoms with van der Waals surface area (Å²) in [6.07, 6.45) is 8.03. The largest absolute Gasteiger partial charge is 0.508 e. The summed E-state index contributed by atoms with van der Waals surface area (Å²) >= 11 is 0. The zero-order chi connectivity index (χ0) is 16.0. The molecular formula is C20H26O3. The fourth-order valence-electron chi connectivity index (χ4n) is 5.69. The summed E-state index contributed by atoms with van der Waals surface area (Å²) in [5, 5.41) is 9.44. The molecule has 0 amide bonds. The van der Waals surface area contributed by atoms with Crippen molar-refractivity contribution in [3.8, 4) is 5.75 Å². The summed E-state index contributed by atoms with van der Waals surface area (Å²) < 4.78 is 6.19. The molecule has 4 aliphatic carbocycles. The van der Waals surface area contributed by atoms with Crippen molar-refractivity contribution < 1.29 is 14.6 Å². The van der Waals surface area contributed by atoms with Gasteiger partial charge in [0.15, 0.2) is 0 Å². The highest BCUT2D eigenvalue weighted by molar-refractivity contribution is 5.78. The van der Waals surface area contributed by atoms with Gasteiger partial charge in [-0.3, -0.25) is 4.79 Å². The van der Waals surface area contributed by atoms with Gasteiger partial charge in [-0.15, -0.1) is 0 Å². The van der Waals surface area contributed by atoms with Gasteiger partial charge in [-0.05, 0) is 80.4 Å². The lowest BCUT2D eigenvalue weighted by atomic mass is 9.54. The van der Waals surface area contributed by atoms with E-state index < -0.39 is 0 Å². The molecule has 3 heteroatoms. The number of hydrogen-bond donors (Lipinski definition) is 1. The van der Waals surface area contributed by atoms with Gasteiger partial charge < -0.3 is 9.84 Å². The Hall–Kier alpha value is -1.51. The number of aromatic hydroxyl groups is 1. The number of esters is 1. The normalized spacial score (nSPS) is 36.0. The van der Waals surface area contributed by atoms with Gasteiger partial charge in [-0.2, -0.15) is 0 Å². The third-order valence-electron chi connectivity index (χ3n) is 6.29. The van der Waals surface area contributed by atoms with Crippen molar-refractivity contribution >= 4 is 5.97 Å². The van der Waals surface area contributed by atoms with Gasteiger partial charge in [0, 0.05) is 0 Å². The van der Waals surface area contributed by atoms with Crippen LogP contribution in [-0.4, -0.2) is 16.7 Å². The molecule has 0 spiro atoms. The molecule has 5 rings (SSSR count). The van der Waals surface area contributed by atoms with Gasteiger partial charge in [0.05, 0.1) is 5.92 Å². The highest BCUT2D eigenvalue weighted by Crippen LogP contribution is 2.57. The van der Waals surface area contributed by atoms with Crippen LogP contribution >= 0.6 is 0 Å². The van der Waals surface area contributed by atoms with Crippen LogP contribution in [-0.2, 0) is 9.53 Å². The van der Waals surface area contributed by atoms with Crippen LogP contribution in [0, 0.1) is 17.8 Å². The lowest BCUT2D eigenvalue weighted by Gasteiger charge is -2.55. The van der Waals surface area contributed by atoms with Crippen LogP contribution in [0.15, 0.2) is 24.3 Å². The van der Waals surface area contributed by atoms with Crippen LogP contribution in [0.1, 0.15) is 63.4 Å². The molecule has 1 N–H and O–H groups in total. The first kappa shape index (κ1) is 15.0. The molecular weight excluding hydrogens is 288 g/mol. The van der Waals surface area contributed by atoms with Gasteiger partial charge in [0.1, 0.15) is 11.4 Å². The SMILES string of the molecule is CCC(C(=O)OC12CC3CC(CC(C3)C1)C2)c1ccc(O)cc1. The van der Waals surface area contributed by atoms with E-state index in [4.69, 9.17) is 4.74 Å². The summed E-state index contributed by atoms with van der Waals surface area (Å²) in [5.41, 5.74) is 0.774. The Kier molecular flexibility index (Phi) is 3.62. The molecule has 0 saturated heterocycles. The number of ether oxygens (including phenoxy) is 1. The lowest BCUT2D eigenvalue weighted by molar-refractivity contribution is -0.188. The third-order valence-corrected chi connectivity index (χ3v) is 6.29. The van der Waals surface area contributed by atoms with Gasteiger partial charge in [-0.1, -0.05) is 19.1 Å². The quantitative estimate of drug-likeness (QED) is 0.838. The van der Waals surface area contributed by atoms with Gasteiger partial charge >= 0.3 is 5.97 Å². The summed E-state index contributed by atoms with van der Waals surface area (Å²) in [7, 11) is 0. The van der Waals surface area contributed by atoms with E-state index in [0.717, 1.165) is 49.0 Å². The third kappa shape index (κ3) is 2.75. The van der Waals surface area contributed by atoms with Crippen LogP contribution in [0.3, 0.4) is 0 Å². The number of phenols is 1. The van der Waals surface area contributed by atoms with Gasteiger partial charge in [0.2, 0.25) is 0 Å². The molecule has 1 unspecified atom stereocenters.